The zero-order valence-corrected chi connectivity index (χ0v) is 16.1. The van der Waals surface area contributed by atoms with E-state index in [1.165, 1.54) is 11.1 Å². The van der Waals surface area contributed by atoms with Gasteiger partial charge >= 0.3 is 0 Å². The van der Waals surface area contributed by atoms with Crippen molar-refractivity contribution in [2.24, 2.45) is 10.4 Å². The lowest BCUT2D eigenvalue weighted by molar-refractivity contribution is 0.0936. The SMILES string of the molecule is CC(C)(CNC(=O)c1ccccc1Br)CNC1=NCc2ccccc21. The number of amides is 1. The van der Waals surface area contributed by atoms with Crippen LogP contribution in [0.2, 0.25) is 0 Å². The number of hydrogen-bond acceptors (Lipinski definition) is 3. The third-order valence-corrected chi connectivity index (χ3v) is 4.95. The Labute approximate surface area is 156 Å². The second-order valence-electron chi connectivity index (χ2n) is 7.00. The highest BCUT2D eigenvalue weighted by Gasteiger charge is 2.22. The van der Waals surface area contributed by atoms with E-state index in [4.69, 9.17) is 0 Å². The maximum atomic E-state index is 12.4. The van der Waals surface area contributed by atoms with Crippen LogP contribution in [0.4, 0.5) is 0 Å². The van der Waals surface area contributed by atoms with Crippen molar-refractivity contribution >= 4 is 27.7 Å². The summed E-state index contributed by atoms with van der Waals surface area (Å²) in [6, 6.07) is 15.7. The molecule has 0 fully saturated rings. The maximum absolute atomic E-state index is 12.4. The number of nitrogens with zero attached hydrogens (tertiary/aromatic N) is 1. The van der Waals surface area contributed by atoms with Gasteiger partial charge in [-0.2, -0.15) is 0 Å². The first kappa shape index (κ1) is 17.7. The normalized spacial score (nSPS) is 13.2. The third kappa shape index (κ3) is 4.28. The van der Waals surface area contributed by atoms with E-state index in [1.807, 2.05) is 36.4 Å². The second kappa shape index (κ2) is 7.40. The molecule has 0 atom stereocenters. The zero-order valence-electron chi connectivity index (χ0n) is 14.5. The van der Waals surface area contributed by atoms with Gasteiger partial charge < -0.3 is 10.6 Å². The highest BCUT2D eigenvalue weighted by molar-refractivity contribution is 9.10. The molecule has 4 nitrogen and oxygen atoms in total. The van der Waals surface area contributed by atoms with Crippen LogP contribution in [0.15, 0.2) is 58.0 Å². The summed E-state index contributed by atoms with van der Waals surface area (Å²) in [7, 11) is 0. The first-order valence-corrected chi connectivity index (χ1v) is 9.15. The summed E-state index contributed by atoms with van der Waals surface area (Å²) < 4.78 is 0.806. The van der Waals surface area contributed by atoms with Crippen LogP contribution in [0.3, 0.4) is 0 Å². The molecular weight excluding hydrogens is 378 g/mol. The smallest absolute Gasteiger partial charge is 0.252 e. The topological polar surface area (TPSA) is 53.5 Å². The molecule has 0 spiro atoms. The van der Waals surface area contributed by atoms with Gasteiger partial charge in [-0.1, -0.05) is 50.2 Å². The van der Waals surface area contributed by atoms with Crippen LogP contribution in [-0.2, 0) is 6.54 Å². The predicted octanol–water partition coefficient (Wildman–Crippen LogP) is 3.76. The Morgan fingerprint density at radius 3 is 2.64 bits per heavy atom. The van der Waals surface area contributed by atoms with E-state index in [9.17, 15) is 4.79 Å². The molecule has 0 unspecified atom stereocenters. The monoisotopic (exact) mass is 399 g/mol. The van der Waals surface area contributed by atoms with Crippen molar-refractivity contribution in [3.05, 3.63) is 69.7 Å². The van der Waals surface area contributed by atoms with E-state index >= 15 is 0 Å². The van der Waals surface area contributed by atoms with Gasteiger partial charge in [0.05, 0.1) is 12.1 Å². The van der Waals surface area contributed by atoms with Crippen molar-refractivity contribution in [2.45, 2.75) is 20.4 Å². The summed E-state index contributed by atoms with van der Waals surface area (Å²) in [5, 5.41) is 6.47. The van der Waals surface area contributed by atoms with E-state index in [2.05, 4.69) is 57.5 Å². The van der Waals surface area contributed by atoms with Crippen LogP contribution in [0, 0.1) is 5.41 Å². The predicted molar refractivity (Wildman–Crippen MR) is 105 cm³/mol. The minimum Gasteiger partial charge on any atom is -0.369 e. The Hall–Kier alpha value is -2.14. The molecule has 0 saturated carbocycles. The Bertz CT molecular complexity index is 814. The Morgan fingerprint density at radius 2 is 1.84 bits per heavy atom. The summed E-state index contributed by atoms with van der Waals surface area (Å²) in [6.45, 7) is 6.30. The summed E-state index contributed by atoms with van der Waals surface area (Å²) in [5.74, 6) is 0.880. The standard InChI is InChI=1S/C20H22BrN3O/c1-20(2,13-24-19(25)16-9-5-6-10-17(16)21)12-23-18-15-8-4-3-7-14(15)11-22-18/h3-10H,11-13H2,1-2H3,(H,22,23)(H,24,25). The van der Waals surface area contributed by atoms with E-state index in [1.54, 1.807) is 0 Å². The second-order valence-corrected chi connectivity index (χ2v) is 7.86. The lowest BCUT2D eigenvalue weighted by Gasteiger charge is -2.26. The van der Waals surface area contributed by atoms with Crippen molar-refractivity contribution in [2.75, 3.05) is 13.1 Å². The molecule has 1 aliphatic heterocycles. The maximum Gasteiger partial charge on any atom is 0.252 e. The number of benzene rings is 2. The highest BCUT2D eigenvalue weighted by atomic mass is 79.9. The summed E-state index contributed by atoms with van der Waals surface area (Å²) in [6.07, 6.45) is 0. The Morgan fingerprint density at radius 1 is 1.12 bits per heavy atom. The fourth-order valence-electron chi connectivity index (χ4n) is 2.74. The van der Waals surface area contributed by atoms with Crippen LogP contribution in [0.5, 0.6) is 0 Å². The van der Waals surface area contributed by atoms with E-state index in [0.29, 0.717) is 12.1 Å². The first-order valence-electron chi connectivity index (χ1n) is 8.36. The van der Waals surface area contributed by atoms with Gasteiger partial charge in [0, 0.05) is 23.1 Å². The third-order valence-electron chi connectivity index (χ3n) is 4.26. The van der Waals surface area contributed by atoms with Crippen LogP contribution in [-0.4, -0.2) is 24.8 Å². The molecule has 3 rings (SSSR count). The molecule has 1 heterocycles. The van der Waals surface area contributed by atoms with Gasteiger partial charge in [0.25, 0.3) is 5.91 Å². The van der Waals surface area contributed by atoms with E-state index < -0.39 is 0 Å². The number of carbonyl (C=O) groups excluding carboxylic acids is 1. The van der Waals surface area contributed by atoms with Gasteiger partial charge in [-0.15, -0.1) is 0 Å². The summed E-state index contributed by atoms with van der Waals surface area (Å²) >= 11 is 3.42. The molecule has 130 valence electrons. The minimum absolute atomic E-state index is 0.0656. The zero-order chi connectivity index (χ0) is 17.9. The van der Waals surface area contributed by atoms with E-state index in [-0.39, 0.29) is 11.3 Å². The lowest BCUT2D eigenvalue weighted by atomic mass is 9.93. The first-order chi connectivity index (χ1) is 12.0. The number of rotatable bonds is 5. The van der Waals surface area contributed by atoms with Gasteiger partial charge in [-0.25, -0.2) is 0 Å². The quantitative estimate of drug-likeness (QED) is 0.803. The molecule has 0 aliphatic carbocycles. The molecule has 0 saturated heterocycles. The molecule has 2 aromatic rings. The van der Waals surface area contributed by atoms with Gasteiger partial charge in [0.1, 0.15) is 5.84 Å². The highest BCUT2D eigenvalue weighted by Crippen LogP contribution is 2.19. The number of aliphatic imine (C=N–C) groups is 1. The molecular formula is C20H22BrN3O. The van der Waals surface area contributed by atoms with Crippen molar-refractivity contribution in [1.29, 1.82) is 0 Å². The number of carbonyl (C=O) groups is 1. The van der Waals surface area contributed by atoms with Crippen molar-refractivity contribution in [3.63, 3.8) is 0 Å². The van der Waals surface area contributed by atoms with Crippen molar-refractivity contribution < 1.29 is 4.79 Å². The van der Waals surface area contributed by atoms with Gasteiger partial charge in [0.2, 0.25) is 0 Å². The summed E-state index contributed by atoms with van der Waals surface area (Å²) in [4.78, 5) is 16.9. The number of nitrogens with one attached hydrogen (secondary N) is 2. The van der Waals surface area contributed by atoms with Crippen molar-refractivity contribution in [1.82, 2.24) is 10.6 Å². The Kier molecular flexibility index (Phi) is 5.23. The number of amidine groups is 1. The lowest BCUT2D eigenvalue weighted by Crippen LogP contribution is -2.42. The summed E-state index contributed by atoms with van der Waals surface area (Å²) in [5.41, 5.74) is 2.98. The number of hydrogen-bond donors (Lipinski definition) is 2. The Balaban J connectivity index is 1.55. The van der Waals surface area contributed by atoms with Crippen LogP contribution in [0.1, 0.15) is 35.3 Å². The van der Waals surface area contributed by atoms with Gasteiger partial charge in [-0.3, -0.25) is 9.79 Å². The van der Waals surface area contributed by atoms with Crippen LogP contribution >= 0.6 is 15.9 Å². The minimum atomic E-state index is -0.100. The molecule has 1 aliphatic rings. The molecule has 5 heteroatoms. The van der Waals surface area contributed by atoms with Crippen LogP contribution < -0.4 is 10.6 Å². The number of fused-ring (bicyclic) bond motifs is 1. The van der Waals surface area contributed by atoms with Gasteiger partial charge in [0.15, 0.2) is 0 Å². The molecule has 2 N–H and O–H groups in total. The van der Waals surface area contributed by atoms with Crippen LogP contribution in [0.25, 0.3) is 0 Å². The molecule has 25 heavy (non-hydrogen) atoms. The van der Waals surface area contributed by atoms with Crippen molar-refractivity contribution in [3.8, 4) is 0 Å². The molecule has 0 aromatic heterocycles. The molecule has 0 radical (unpaired) electrons. The van der Waals surface area contributed by atoms with Gasteiger partial charge in [-0.05, 0) is 39.0 Å². The molecule has 2 aromatic carbocycles. The molecule has 1 amide bonds. The fourth-order valence-corrected chi connectivity index (χ4v) is 3.20. The average Bonchev–Trinajstić information content (AvgIpc) is 3.02. The average molecular weight is 400 g/mol. The number of halogens is 1. The fraction of sp³-hybridized carbons (Fsp3) is 0.300. The largest absolute Gasteiger partial charge is 0.369 e. The van der Waals surface area contributed by atoms with E-state index in [0.717, 1.165) is 23.4 Å². The molecule has 0 bridgehead atoms.